The van der Waals surface area contributed by atoms with Crippen LogP contribution in [0, 0.1) is 35.5 Å². The van der Waals surface area contributed by atoms with Crippen LogP contribution in [0.2, 0.25) is 0 Å². The number of nitrogens with zero attached hydrogens (tertiary/aromatic N) is 1. The lowest BCUT2D eigenvalue weighted by atomic mass is 9.63. The summed E-state index contributed by atoms with van der Waals surface area (Å²) in [7, 11) is 0. The normalized spacial score (nSPS) is 33.4. The number of hydrogen-bond acceptors (Lipinski definition) is 4. The topological polar surface area (TPSA) is 63.7 Å². The number of imide groups is 1. The van der Waals surface area contributed by atoms with Crippen LogP contribution in [0.5, 0.6) is 5.75 Å². The van der Waals surface area contributed by atoms with Crippen LogP contribution < -0.4 is 9.64 Å². The number of esters is 1. The van der Waals surface area contributed by atoms with E-state index >= 15 is 0 Å². The maximum absolute atomic E-state index is 13.2. The molecule has 29 heavy (non-hydrogen) atoms. The summed E-state index contributed by atoms with van der Waals surface area (Å²) in [5, 5.41) is 0. The highest BCUT2D eigenvalue weighted by atomic mass is 16.5. The Morgan fingerprint density at radius 2 is 1.52 bits per heavy atom. The second-order valence-electron chi connectivity index (χ2n) is 8.42. The second kappa shape index (κ2) is 5.89. The van der Waals surface area contributed by atoms with Crippen molar-refractivity contribution in [2.45, 2.75) is 6.42 Å². The van der Waals surface area contributed by atoms with E-state index in [9.17, 15) is 14.4 Å². The van der Waals surface area contributed by atoms with Crippen LogP contribution in [0.15, 0.2) is 66.7 Å². The molecule has 2 aromatic carbocycles. The van der Waals surface area contributed by atoms with E-state index in [4.69, 9.17) is 4.74 Å². The SMILES string of the molecule is O=C(Oc1cccc(N2C(=O)[C@H]3[C@@H]4C=C[C@H]([C@H]5C[C@H]45)[C@@H]3C2=O)c1)c1ccccc1. The monoisotopic (exact) mass is 385 g/mol. The molecule has 2 amide bonds. The Balaban J connectivity index is 1.29. The number of rotatable bonds is 3. The van der Waals surface area contributed by atoms with E-state index in [2.05, 4.69) is 12.2 Å². The number of amides is 2. The van der Waals surface area contributed by atoms with Crippen LogP contribution in [0.4, 0.5) is 5.69 Å². The van der Waals surface area contributed by atoms with Gasteiger partial charge in [-0.3, -0.25) is 9.59 Å². The van der Waals surface area contributed by atoms with E-state index in [0.29, 0.717) is 28.8 Å². The molecule has 0 spiro atoms. The zero-order chi connectivity index (χ0) is 19.7. The molecule has 3 fully saturated rings. The van der Waals surface area contributed by atoms with Gasteiger partial charge in [0.2, 0.25) is 11.8 Å². The van der Waals surface area contributed by atoms with E-state index in [1.54, 1.807) is 48.5 Å². The standard InChI is InChI=1S/C24H19NO4/c26-22-20-16-9-10-17(19-12-18(16)19)21(20)23(27)25(22)14-7-4-8-15(11-14)29-24(28)13-5-2-1-3-6-13/h1-11,16-21H,12H2/t16-,17-,18-,19-,20+,21+/m1/s1. The molecule has 6 atom stereocenters. The Bertz CT molecular complexity index is 1040. The molecule has 2 aromatic rings. The number of hydrogen-bond donors (Lipinski definition) is 0. The van der Waals surface area contributed by atoms with Gasteiger partial charge in [-0.2, -0.15) is 0 Å². The van der Waals surface area contributed by atoms with Crippen molar-refractivity contribution in [3.05, 3.63) is 72.3 Å². The molecule has 0 unspecified atom stereocenters. The highest BCUT2D eigenvalue weighted by Crippen LogP contribution is 2.65. The second-order valence-corrected chi connectivity index (χ2v) is 8.42. The smallest absolute Gasteiger partial charge is 0.343 e. The maximum atomic E-state index is 13.2. The zero-order valence-electron chi connectivity index (χ0n) is 15.6. The summed E-state index contributed by atoms with van der Waals surface area (Å²) in [6.07, 6.45) is 5.46. The van der Waals surface area contributed by atoms with Gasteiger partial charge in [0, 0.05) is 6.07 Å². The molecule has 1 heterocycles. The van der Waals surface area contributed by atoms with Gasteiger partial charge in [-0.05, 0) is 54.4 Å². The van der Waals surface area contributed by atoms with E-state index < -0.39 is 5.97 Å². The predicted octanol–water partition coefficient (Wildman–Crippen LogP) is 3.46. The van der Waals surface area contributed by atoms with Crippen LogP contribution in [-0.2, 0) is 9.59 Å². The first-order valence-corrected chi connectivity index (χ1v) is 10.1. The molecule has 0 N–H and O–H groups in total. The third-order valence-corrected chi connectivity index (χ3v) is 6.96. The first-order valence-electron chi connectivity index (χ1n) is 10.1. The van der Waals surface area contributed by atoms with E-state index in [1.165, 1.54) is 4.90 Å². The van der Waals surface area contributed by atoms with Crippen LogP contribution in [0.1, 0.15) is 16.8 Å². The van der Waals surface area contributed by atoms with E-state index in [-0.39, 0.29) is 35.5 Å². The molecule has 2 saturated carbocycles. The highest BCUT2D eigenvalue weighted by Gasteiger charge is 2.67. The van der Waals surface area contributed by atoms with Gasteiger partial charge in [-0.1, -0.05) is 36.4 Å². The van der Waals surface area contributed by atoms with Gasteiger partial charge in [-0.25, -0.2) is 9.69 Å². The van der Waals surface area contributed by atoms with Crippen LogP contribution >= 0.6 is 0 Å². The number of carbonyl (C=O) groups is 3. The van der Waals surface area contributed by atoms with Crippen LogP contribution in [0.25, 0.3) is 0 Å². The summed E-state index contributed by atoms with van der Waals surface area (Å²) in [4.78, 5) is 40.1. The van der Waals surface area contributed by atoms with Crippen LogP contribution in [0.3, 0.4) is 0 Å². The summed E-state index contributed by atoms with van der Waals surface area (Å²) in [5.74, 6) is 0.655. The number of anilines is 1. The molecule has 0 aromatic heterocycles. The third-order valence-electron chi connectivity index (χ3n) is 6.96. The fourth-order valence-corrected chi connectivity index (χ4v) is 5.64. The van der Waals surface area contributed by atoms with Gasteiger partial charge >= 0.3 is 5.97 Å². The molecule has 1 saturated heterocycles. The largest absolute Gasteiger partial charge is 0.423 e. The number of allylic oxidation sites excluding steroid dienone is 2. The Labute approximate surface area is 168 Å². The lowest BCUT2D eigenvalue weighted by Gasteiger charge is -2.37. The van der Waals surface area contributed by atoms with Crippen molar-refractivity contribution in [1.82, 2.24) is 0 Å². The first-order chi connectivity index (χ1) is 14.1. The van der Waals surface area contributed by atoms with Crippen molar-refractivity contribution in [3.63, 3.8) is 0 Å². The molecular formula is C24H19NO4. The van der Waals surface area contributed by atoms with Crippen LogP contribution in [-0.4, -0.2) is 17.8 Å². The fraction of sp³-hybridized carbons (Fsp3) is 0.292. The molecule has 5 heteroatoms. The summed E-state index contributed by atoms with van der Waals surface area (Å²) < 4.78 is 5.47. The Hall–Kier alpha value is -3.21. The predicted molar refractivity (Wildman–Crippen MR) is 105 cm³/mol. The van der Waals surface area contributed by atoms with Crippen molar-refractivity contribution in [1.29, 1.82) is 0 Å². The average Bonchev–Trinajstić information content (AvgIpc) is 3.52. The van der Waals surface area contributed by atoms with Gasteiger partial charge < -0.3 is 4.74 Å². The molecule has 5 aliphatic rings. The van der Waals surface area contributed by atoms with Gasteiger partial charge in [0.15, 0.2) is 0 Å². The van der Waals surface area contributed by atoms with Gasteiger partial charge in [0.05, 0.1) is 23.1 Å². The number of ether oxygens (including phenoxy) is 1. The van der Waals surface area contributed by atoms with E-state index in [1.807, 2.05) is 6.07 Å². The Morgan fingerprint density at radius 1 is 0.862 bits per heavy atom. The molecule has 5 nitrogen and oxygen atoms in total. The maximum Gasteiger partial charge on any atom is 0.343 e. The van der Waals surface area contributed by atoms with Crippen molar-refractivity contribution in [2.75, 3.05) is 4.90 Å². The van der Waals surface area contributed by atoms with Crippen molar-refractivity contribution < 1.29 is 19.1 Å². The first kappa shape index (κ1) is 16.7. The molecule has 1 aliphatic heterocycles. The minimum atomic E-state index is -0.474. The summed E-state index contributed by atoms with van der Waals surface area (Å²) in [6, 6.07) is 15.4. The minimum Gasteiger partial charge on any atom is -0.423 e. The number of carbonyl (C=O) groups excluding carboxylic acids is 3. The van der Waals surface area contributed by atoms with E-state index in [0.717, 1.165) is 6.42 Å². The zero-order valence-corrected chi connectivity index (χ0v) is 15.6. The van der Waals surface area contributed by atoms with Gasteiger partial charge in [0.25, 0.3) is 0 Å². The molecular weight excluding hydrogens is 366 g/mol. The Morgan fingerprint density at radius 3 is 2.17 bits per heavy atom. The fourth-order valence-electron chi connectivity index (χ4n) is 5.64. The summed E-state index contributed by atoms with van der Waals surface area (Å²) in [6.45, 7) is 0. The molecule has 144 valence electrons. The van der Waals surface area contributed by atoms with Crippen molar-refractivity contribution in [2.24, 2.45) is 35.5 Å². The Kier molecular flexibility index (Phi) is 3.40. The lowest BCUT2D eigenvalue weighted by Crippen LogP contribution is -2.40. The molecule has 4 aliphatic carbocycles. The average molecular weight is 385 g/mol. The molecule has 2 bridgehead atoms. The van der Waals surface area contributed by atoms with Crippen molar-refractivity contribution in [3.8, 4) is 5.75 Å². The lowest BCUT2D eigenvalue weighted by molar-refractivity contribution is -0.124. The summed E-state index contributed by atoms with van der Waals surface area (Å²) >= 11 is 0. The molecule has 0 radical (unpaired) electrons. The van der Waals surface area contributed by atoms with Gasteiger partial charge in [0.1, 0.15) is 5.75 Å². The minimum absolute atomic E-state index is 0.115. The summed E-state index contributed by atoms with van der Waals surface area (Å²) in [5.41, 5.74) is 0.917. The van der Waals surface area contributed by atoms with Gasteiger partial charge in [-0.15, -0.1) is 0 Å². The number of benzene rings is 2. The molecule has 7 rings (SSSR count). The third kappa shape index (κ3) is 2.36. The van der Waals surface area contributed by atoms with Crippen molar-refractivity contribution >= 4 is 23.5 Å². The quantitative estimate of drug-likeness (QED) is 0.351. The highest BCUT2D eigenvalue weighted by molar-refractivity contribution is 6.22.